The SMILES string of the molecule is Br.N=C(N)SCc1ccc2c(c1)C(=O)c1ccccc1C2=O. The molecule has 2 aromatic rings. The quantitative estimate of drug-likeness (QED) is 0.531. The molecule has 1 aliphatic rings. The average Bonchev–Trinajstić information content (AvgIpc) is 2.50. The number of thioether (sulfide) groups is 1. The van der Waals surface area contributed by atoms with Crippen molar-refractivity contribution in [1.82, 2.24) is 0 Å². The van der Waals surface area contributed by atoms with Crippen molar-refractivity contribution in [3.63, 3.8) is 0 Å². The van der Waals surface area contributed by atoms with Gasteiger partial charge in [-0.15, -0.1) is 17.0 Å². The Hall–Kier alpha value is -1.92. The lowest BCUT2D eigenvalue weighted by atomic mass is 9.83. The molecule has 0 amide bonds. The standard InChI is InChI=1S/C16H12N2O2S.BrH/c17-16(18)21-8-9-5-6-12-13(7-9)15(20)11-4-2-1-3-10(11)14(12)19;/h1-7H,8H2,(H3,17,18);1H. The lowest BCUT2D eigenvalue weighted by Crippen LogP contribution is -2.20. The van der Waals surface area contributed by atoms with E-state index >= 15 is 0 Å². The van der Waals surface area contributed by atoms with Gasteiger partial charge in [0.25, 0.3) is 0 Å². The van der Waals surface area contributed by atoms with Gasteiger partial charge in [0.1, 0.15) is 0 Å². The topological polar surface area (TPSA) is 84.0 Å². The maximum Gasteiger partial charge on any atom is 0.194 e. The first-order valence-corrected chi connectivity index (χ1v) is 7.34. The zero-order chi connectivity index (χ0) is 15.0. The van der Waals surface area contributed by atoms with Crippen molar-refractivity contribution >= 4 is 45.5 Å². The van der Waals surface area contributed by atoms with Crippen LogP contribution < -0.4 is 5.73 Å². The summed E-state index contributed by atoms with van der Waals surface area (Å²) < 4.78 is 0. The molecule has 6 heteroatoms. The zero-order valence-corrected chi connectivity index (χ0v) is 14.0. The average molecular weight is 377 g/mol. The summed E-state index contributed by atoms with van der Waals surface area (Å²) in [5, 5.41) is 7.25. The molecule has 0 unspecified atom stereocenters. The summed E-state index contributed by atoms with van der Waals surface area (Å²) in [7, 11) is 0. The number of hydrogen-bond donors (Lipinski definition) is 2. The van der Waals surface area contributed by atoms with Gasteiger partial charge in [-0.25, -0.2) is 0 Å². The van der Waals surface area contributed by atoms with E-state index in [4.69, 9.17) is 11.1 Å². The molecule has 4 nitrogen and oxygen atoms in total. The van der Waals surface area contributed by atoms with E-state index in [1.54, 1.807) is 42.5 Å². The molecule has 0 saturated carbocycles. The number of nitrogens with two attached hydrogens (primary N) is 1. The molecule has 2 aromatic carbocycles. The molecule has 0 saturated heterocycles. The van der Waals surface area contributed by atoms with Crippen molar-refractivity contribution in [3.8, 4) is 0 Å². The lowest BCUT2D eigenvalue weighted by molar-refractivity contribution is 0.0979. The number of hydrogen-bond acceptors (Lipinski definition) is 4. The summed E-state index contributed by atoms with van der Waals surface area (Å²) in [6.07, 6.45) is 0. The van der Waals surface area contributed by atoms with Crippen LogP contribution in [0.4, 0.5) is 0 Å². The third-order valence-electron chi connectivity index (χ3n) is 3.38. The summed E-state index contributed by atoms with van der Waals surface area (Å²) in [5.41, 5.74) is 7.97. The Morgan fingerprint density at radius 2 is 1.50 bits per heavy atom. The second kappa shape index (κ2) is 6.46. The Morgan fingerprint density at radius 3 is 2.09 bits per heavy atom. The van der Waals surface area contributed by atoms with Gasteiger partial charge in [0, 0.05) is 28.0 Å². The molecule has 0 fully saturated rings. The smallest absolute Gasteiger partial charge is 0.194 e. The van der Waals surface area contributed by atoms with Crippen molar-refractivity contribution in [2.24, 2.45) is 5.73 Å². The lowest BCUT2D eigenvalue weighted by Gasteiger charge is -2.17. The number of fused-ring (bicyclic) bond motifs is 2. The molecule has 0 aromatic heterocycles. The minimum atomic E-state index is -0.130. The van der Waals surface area contributed by atoms with E-state index in [9.17, 15) is 9.59 Å². The summed E-state index contributed by atoms with van der Waals surface area (Å²) in [6, 6.07) is 12.1. The summed E-state index contributed by atoms with van der Waals surface area (Å²) in [5.74, 6) is 0.256. The summed E-state index contributed by atoms with van der Waals surface area (Å²) in [6.45, 7) is 0. The van der Waals surface area contributed by atoms with Crippen molar-refractivity contribution in [2.45, 2.75) is 5.75 Å². The molecule has 0 spiro atoms. The Kier molecular flexibility index (Phi) is 4.83. The monoisotopic (exact) mass is 376 g/mol. The Balaban J connectivity index is 0.00000176. The normalized spacial score (nSPS) is 12.2. The fourth-order valence-corrected chi connectivity index (χ4v) is 2.90. The minimum Gasteiger partial charge on any atom is -0.379 e. The van der Waals surface area contributed by atoms with Crippen LogP contribution in [0.15, 0.2) is 42.5 Å². The molecular weight excluding hydrogens is 364 g/mol. The predicted octanol–water partition coefficient (Wildman–Crippen LogP) is 3.17. The Bertz CT molecular complexity index is 789. The maximum absolute atomic E-state index is 12.5. The van der Waals surface area contributed by atoms with E-state index < -0.39 is 0 Å². The second-order valence-electron chi connectivity index (χ2n) is 4.74. The van der Waals surface area contributed by atoms with Gasteiger partial charge >= 0.3 is 0 Å². The van der Waals surface area contributed by atoms with E-state index in [-0.39, 0.29) is 33.7 Å². The van der Waals surface area contributed by atoms with Crippen LogP contribution in [0.3, 0.4) is 0 Å². The maximum atomic E-state index is 12.5. The summed E-state index contributed by atoms with van der Waals surface area (Å²) >= 11 is 1.19. The number of rotatable bonds is 2. The molecule has 112 valence electrons. The first-order chi connectivity index (χ1) is 10.1. The van der Waals surface area contributed by atoms with E-state index in [0.717, 1.165) is 5.56 Å². The highest BCUT2D eigenvalue weighted by molar-refractivity contribution is 8.93. The Labute approximate surface area is 142 Å². The number of ketones is 2. The van der Waals surface area contributed by atoms with Gasteiger partial charge in [0.05, 0.1) is 0 Å². The van der Waals surface area contributed by atoms with E-state index in [1.165, 1.54) is 11.8 Å². The van der Waals surface area contributed by atoms with Crippen LogP contribution in [0, 0.1) is 5.41 Å². The van der Waals surface area contributed by atoms with Gasteiger partial charge in [-0.05, 0) is 17.7 Å². The van der Waals surface area contributed by atoms with Gasteiger partial charge in [-0.3, -0.25) is 15.0 Å². The van der Waals surface area contributed by atoms with Gasteiger partial charge in [0.2, 0.25) is 0 Å². The largest absolute Gasteiger partial charge is 0.379 e. The number of carbonyl (C=O) groups excluding carboxylic acids is 2. The molecule has 3 rings (SSSR count). The van der Waals surface area contributed by atoms with Gasteiger partial charge in [0.15, 0.2) is 16.7 Å². The fourth-order valence-electron chi connectivity index (χ4n) is 2.40. The van der Waals surface area contributed by atoms with Crippen LogP contribution in [0.2, 0.25) is 0 Å². The minimum absolute atomic E-state index is 0. The first-order valence-electron chi connectivity index (χ1n) is 6.36. The second-order valence-corrected chi connectivity index (χ2v) is 5.75. The highest BCUT2D eigenvalue weighted by Crippen LogP contribution is 2.28. The Morgan fingerprint density at radius 1 is 0.955 bits per heavy atom. The number of nitrogens with one attached hydrogen (secondary N) is 1. The number of carbonyl (C=O) groups is 2. The van der Waals surface area contributed by atoms with E-state index in [2.05, 4.69) is 0 Å². The van der Waals surface area contributed by atoms with Crippen molar-refractivity contribution in [2.75, 3.05) is 0 Å². The predicted molar refractivity (Wildman–Crippen MR) is 93.3 cm³/mol. The third-order valence-corrected chi connectivity index (χ3v) is 4.17. The van der Waals surface area contributed by atoms with Crippen LogP contribution in [0.5, 0.6) is 0 Å². The zero-order valence-electron chi connectivity index (χ0n) is 11.5. The molecular formula is C16H13BrN2O2S. The third kappa shape index (κ3) is 2.84. The van der Waals surface area contributed by atoms with Gasteiger partial charge < -0.3 is 5.73 Å². The molecule has 0 aliphatic heterocycles. The van der Waals surface area contributed by atoms with E-state index in [1.807, 2.05) is 0 Å². The van der Waals surface area contributed by atoms with Gasteiger partial charge in [-0.2, -0.15) is 0 Å². The highest BCUT2D eigenvalue weighted by atomic mass is 79.9. The number of halogens is 1. The molecule has 0 heterocycles. The first kappa shape index (κ1) is 16.5. The van der Waals surface area contributed by atoms with Crippen LogP contribution >= 0.6 is 28.7 Å². The molecule has 0 radical (unpaired) electrons. The van der Waals surface area contributed by atoms with Crippen LogP contribution in [-0.4, -0.2) is 16.7 Å². The molecule has 0 bridgehead atoms. The van der Waals surface area contributed by atoms with E-state index in [0.29, 0.717) is 28.0 Å². The molecule has 1 aliphatic carbocycles. The van der Waals surface area contributed by atoms with Gasteiger partial charge in [-0.1, -0.05) is 42.1 Å². The number of benzene rings is 2. The molecule has 0 atom stereocenters. The van der Waals surface area contributed by atoms with Crippen LogP contribution in [0.1, 0.15) is 37.4 Å². The van der Waals surface area contributed by atoms with Crippen LogP contribution in [-0.2, 0) is 5.75 Å². The molecule has 3 N–H and O–H groups in total. The summed E-state index contributed by atoms with van der Waals surface area (Å²) in [4.78, 5) is 24.9. The number of amidine groups is 1. The fraction of sp³-hybridized carbons (Fsp3) is 0.0625. The molecule has 22 heavy (non-hydrogen) atoms. The van der Waals surface area contributed by atoms with Crippen molar-refractivity contribution in [1.29, 1.82) is 5.41 Å². The van der Waals surface area contributed by atoms with Crippen LogP contribution in [0.25, 0.3) is 0 Å². The van der Waals surface area contributed by atoms with Crippen molar-refractivity contribution < 1.29 is 9.59 Å². The van der Waals surface area contributed by atoms with Crippen molar-refractivity contribution in [3.05, 3.63) is 70.3 Å². The highest BCUT2D eigenvalue weighted by Gasteiger charge is 2.29.